The molecule has 12 heavy (non-hydrogen) atoms. The third kappa shape index (κ3) is 2.67. The van der Waals surface area contributed by atoms with Crippen molar-refractivity contribution in [1.82, 2.24) is 14.8 Å². The van der Waals surface area contributed by atoms with Gasteiger partial charge in [0.25, 0.3) is 0 Å². The van der Waals surface area contributed by atoms with Gasteiger partial charge in [0.15, 0.2) is 5.82 Å². The van der Waals surface area contributed by atoms with Crippen LogP contribution in [0.4, 0.5) is 0 Å². The molecular weight excluding hydrogens is 162 g/mol. The number of carboxylic acid groups (broad SMARTS) is 1. The van der Waals surface area contributed by atoms with Gasteiger partial charge in [-0.15, -0.1) is 0 Å². The molecule has 0 unspecified atom stereocenters. The van der Waals surface area contributed by atoms with Gasteiger partial charge in [0.1, 0.15) is 19.5 Å². The maximum atomic E-state index is 10.0. The zero-order valence-electron chi connectivity index (χ0n) is 6.60. The number of aryl methyl sites for hydroxylation is 1. The molecule has 0 saturated carbocycles. The fraction of sp³-hybridized carbons (Fsp3) is 0.500. The molecule has 0 spiro atoms. The van der Waals surface area contributed by atoms with Crippen LogP contribution >= 0.6 is 0 Å². The molecule has 6 nitrogen and oxygen atoms in total. The second-order valence-corrected chi connectivity index (χ2v) is 2.22. The maximum absolute atomic E-state index is 10.0. The summed E-state index contributed by atoms with van der Waals surface area (Å²) >= 11 is 0. The van der Waals surface area contributed by atoms with Crippen LogP contribution in [0.5, 0.6) is 0 Å². The largest absolute Gasteiger partial charge is 0.480 e. The van der Waals surface area contributed by atoms with Crippen molar-refractivity contribution in [2.45, 2.75) is 6.61 Å². The number of carbonyl (C=O) groups is 1. The van der Waals surface area contributed by atoms with Crippen LogP contribution in [-0.2, 0) is 23.2 Å². The summed E-state index contributed by atoms with van der Waals surface area (Å²) in [5.74, 6) is -0.510. The Morgan fingerprint density at radius 3 is 3.08 bits per heavy atom. The third-order valence-corrected chi connectivity index (χ3v) is 1.10. The topological polar surface area (TPSA) is 77.2 Å². The highest BCUT2D eigenvalue weighted by atomic mass is 16.5. The van der Waals surface area contributed by atoms with E-state index in [9.17, 15) is 4.79 Å². The standard InChI is InChI=1S/C6H9N3O3/c1-9-4-7-5(8-9)2-12-3-6(10)11/h4H,2-3H2,1H3,(H,10,11). The maximum Gasteiger partial charge on any atom is 0.329 e. The summed E-state index contributed by atoms with van der Waals surface area (Å²) in [5, 5.41) is 12.1. The number of hydrogen-bond donors (Lipinski definition) is 1. The second-order valence-electron chi connectivity index (χ2n) is 2.22. The van der Waals surface area contributed by atoms with E-state index in [0.717, 1.165) is 0 Å². The summed E-state index contributed by atoms with van der Waals surface area (Å²) in [6.45, 7) is -0.189. The van der Waals surface area contributed by atoms with E-state index in [0.29, 0.717) is 5.82 Å². The number of aliphatic carboxylic acids is 1. The van der Waals surface area contributed by atoms with Gasteiger partial charge >= 0.3 is 5.97 Å². The molecule has 1 aromatic rings. The highest BCUT2D eigenvalue weighted by Crippen LogP contribution is 1.90. The number of aromatic nitrogens is 3. The van der Waals surface area contributed by atoms with Gasteiger partial charge in [-0.1, -0.05) is 0 Å². The Labute approximate surface area is 68.8 Å². The molecule has 6 heteroatoms. The fourth-order valence-electron chi connectivity index (χ4n) is 0.680. The number of hydrogen-bond acceptors (Lipinski definition) is 4. The van der Waals surface area contributed by atoms with Crippen LogP contribution < -0.4 is 0 Å². The molecule has 0 atom stereocenters. The lowest BCUT2D eigenvalue weighted by molar-refractivity contribution is -0.142. The summed E-state index contributed by atoms with van der Waals surface area (Å²) < 4.78 is 6.28. The normalized spacial score (nSPS) is 10.1. The lowest BCUT2D eigenvalue weighted by Gasteiger charge is -1.94. The van der Waals surface area contributed by atoms with Gasteiger partial charge < -0.3 is 9.84 Å². The monoisotopic (exact) mass is 171 g/mol. The first-order valence-electron chi connectivity index (χ1n) is 3.32. The molecule has 66 valence electrons. The van der Waals surface area contributed by atoms with E-state index < -0.39 is 5.97 Å². The average molecular weight is 171 g/mol. The predicted molar refractivity (Wildman–Crippen MR) is 38.3 cm³/mol. The van der Waals surface area contributed by atoms with E-state index in [1.54, 1.807) is 7.05 Å². The van der Waals surface area contributed by atoms with Crippen molar-refractivity contribution < 1.29 is 14.6 Å². The minimum absolute atomic E-state index is 0.132. The first-order valence-corrected chi connectivity index (χ1v) is 3.32. The summed E-state index contributed by atoms with van der Waals surface area (Å²) in [5.41, 5.74) is 0. The van der Waals surface area contributed by atoms with Crippen LogP contribution in [0.1, 0.15) is 5.82 Å². The average Bonchev–Trinajstić information content (AvgIpc) is 2.35. The Morgan fingerprint density at radius 2 is 2.58 bits per heavy atom. The summed E-state index contributed by atoms with van der Waals surface area (Å²) in [6, 6.07) is 0. The van der Waals surface area contributed by atoms with E-state index in [-0.39, 0.29) is 13.2 Å². The number of carboxylic acids is 1. The van der Waals surface area contributed by atoms with Crippen molar-refractivity contribution >= 4 is 5.97 Å². The fourth-order valence-corrected chi connectivity index (χ4v) is 0.680. The van der Waals surface area contributed by atoms with Crippen LogP contribution in [0.2, 0.25) is 0 Å². The summed E-state index contributed by atoms with van der Waals surface area (Å²) in [6.07, 6.45) is 1.53. The van der Waals surface area contributed by atoms with E-state index in [4.69, 9.17) is 9.84 Å². The molecule has 1 heterocycles. The Bertz CT molecular complexity index is 271. The molecule has 1 N–H and O–H groups in total. The Hall–Kier alpha value is -1.43. The highest BCUT2D eigenvalue weighted by Gasteiger charge is 2.00. The summed E-state index contributed by atoms with van der Waals surface area (Å²) in [4.78, 5) is 13.9. The van der Waals surface area contributed by atoms with Gasteiger partial charge in [0, 0.05) is 7.05 Å². The Morgan fingerprint density at radius 1 is 1.83 bits per heavy atom. The lowest BCUT2D eigenvalue weighted by atomic mass is 10.6. The molecule has 1 rings (SSSR count). The zero-order chi connectivity index (χ0) is 8.97. The Kier molecular flexibility index (Phi) is 2.76. The number of nitrogens with zero attached hydrogens (tertiary/aromatic N) is 3. The van der Waals surface area contributed by atoms with Crippen molar-refractivity contribution in [2.24, 2.45) is 7.05 Å². The van der Waals surface area contributed by atoms with Crippen LogP contribution in [0.3, 0.4) is 0 Å². The van der Waals surface area contributed by atoms with Crippen molar-refractivity contribution in [3.63, 3.8) is 0 Å². The number of ether oxygens (including phenoxy) is 1. The van der Waals surface area contributed by atoms with E-state index in [1.165, 1.54) is 11.0 Å². The van der Waals surface area contributed by atoms with Gasteiger partial charge in [-0.05, 0) is 0 Å². The van der Waals surface area contributed by atoms with Gasteiger partial charge in [0.05, 0.1) is 0 Å². The van der Waals surface area contributed by atoms with Gasteiger partial charge in [-0.25, -0.2) is 9.78 Å². The van der Waals surface area contributed by atoms with E-state index in [2.05, 4.69) is 10.1 Å². The predicted octanol–water partition coefficient (Wildman–Crippen LogP) is -0.584. The molecule has 0 fully saturated rings. The van der Waals surface area contributed by atoms with Crippen LogP contribution in [0, 0.1) is 0 Å². The first kappa shape index (κ1) is 8.66. The summed E-state index contributed by atoms with van der Waals surface area (Å²) in [7, 11) is 1.73. The molecule has 1 aromatic heterocycles. The smallest absolute Gasteiger partial charge is 0.329 e. The quantitative estimate of drug-likeness (QED) is 0.655. The van der Waals surface area contributed by atoms with Crippen molar-refractivity contribution in [3.05, 3.63) is 12.2 Å². The molecule has 0 aliphatic rings. The molecular formula is C6H9N3O3. The van der Waals surface area contributed by atoms with Crippen LogP contribution in [0.15, 0.2) is 6.33 Å². The van der Waals surface area contributed by atoms with E-state index >= 15 is 0 Å². The van der Waals surface area contributed by atoms with Gasteiger partial charge in [0.2, 0.25) is 0 Å². The molecule has 0 amide bonds. The van der Waals surface area contributed by atoms with Crippen molar-refractivity contribution in [3.8, 4) is 0 Å². The lowest BCUT2D eigenvalue weighted by Crippen LogP contribution is -2.07. The zero-order valence-corrected chi connectivity index (χ0v) is 6.60. The molecule has 0 saturated heterocycles. The molecule has 0 bridgehead atoms. The minimum atomic E-state index is -0.995. The first-order chi connectivity index (χ1) is 5.68. The van der Waals surface area contributed by atoms with Gasteiger partial charge in [-0.3, -0.25) is 4.68 Å². The third-order valence-electron chi connectivity index (χ3n) is 1.10. The molecule has 0 aliphatic heterocycles. The minimum Gasteiger partial charge on any atom is -0.480 e. The number of rotatable bonds is 4. The SMILES string of the molecule is Cn1cnc(COCC(=O)O)n1. The van der Waals surface area contributed by atoms with Gasteiger partial charge in [-0.2, -0.15) is 5.10 Å². The molecule has 0 radical (unpaired) electrons. The van der Waals surface area contributed by atoms with E-state index in [1.807, 2.05) is 0 Å². The van der Waals surface area contributed by atoms with Crippen LogP contribution in [0.25, 0.3) is 0 Å². The Balaban J connectivity index is 2.29. The highest BCUT2D eigenvalue weighted by molar-refractivity contribution is 5.67. The van der Waals surface area contributed by atoms with Crippen molar-refractivity contribution in [2.75, 3.05) is 6.61 Å². The van der Waals surface area contributed by atoms with Crippen molar-refractivity contribution in [1.29, 1.82) is 0 Å². The molecule has 0 aromatic carbocycles. The van der Waals surface area contributed by atoms with Crippen LogP contribution in [-0.4, -0.2) is 32.4 Å². The second kappa shape index (κ2) is 3.82. The molecule has 0 aliphatic carbocycles.